The quantitative estimate of drug-likeness (QED) is 0.790. The number of hydrogen-bond acceptors (Lipinski definition) is 3. The van der Waals surface area contributed by atoms with Crippen molar-refractivity contribution in [3.05, 3.63) is 72.3 Å². The van der Waals surface area contributed by atoms with Gasteiger partial charge in [0.05, 0.1) is 0 Å². The Bertz CT molecular complexity index is 736. The van der Waals surface area contributed by atoms with Gasteiger partial charge in [-0.25, -0.2) is 0 Å². The Labute approximate surface area is 116 Å². The van der Waals surface area contributed by atoms with Crippen LogP contribution in [0.2, 0.25) is 0 Å². The van der Waals surface area contributed by atoms with Crippen LogP contribution < -0.4 is 5.32 Å². The molecule has 2 aromatic heterocycles. The summed E-state index contributed by atoms with van der Waals surface area (Å²) >= 11 is 0. The number of carbonyl (C=O) groups excluding carboxylic acids is 1. The minimum absolute atomic E-state index is 0.175. The monoisotopic (exact) mass is 263 g/mol. The van der Waals surface area contributed by atoms with E-state index in [1.807, 2.05) is 42.5 Å². The van der Waals surface area contributed by atoms with Crippen LogP contribution in [0, 0.1) is 0 Å². The van der Waals surface area contributed by atoms with E-state index in [9.17, 15) is 4.79 Å². The second-order valence-corrected chi connectivity index (χ2v) is 4.42. The zero-order chi connectivity index (χ0) is 13.8. The van der Waals surface area contributed by atoms with Gasteiger partial charge in [-0.3, -0.25) is 14.8 Å². The molecule has 1 aromatic carbocycles. The molecule has 4 nitrogen and oxygen atoms in total. The average Bonchev–Trinajstić information content (AvgIpc) is 2.53. The lowest BCUT2D eigenvalue weighted by atomic mass is 10.1. The number of pyridine rings is 2. The second-order valence-electron chi connectivity index (χ2n) is 4.42. The van der Waals surface area contributed by atoms with Crippen molar-refractivity contribution >= 4 is 16.7 Å². The van der Waals surface area contributed by atoms with E-state index < -0.39 is 0 Å². The average molecular weight is 263 g/mol. The highest BCUT2D eigenvalue weighted by Gasteiger charge is 2.10. The van der Waals surface area contributed by atoms with Gasteiger partial charge in [-0.1, -0.05) is 30.3 Å². The summed E-state index contributed by atoms with van der Waals surface area (Å²) in [4.78, 5) is 20.4. The van der Waals surface area contributed by atoms with Crippen LogP contribution in [0.3, 0.4) is 0 Å². The molecule has 0 saturated heterocycles. The zero-order valence-corrected chi connectivity index (χ0v) is 10.8. The molecule has 4 heteroatoms. The van der Waals surface area contributed by atoms with Crippen molar-refractivity contribution in [3.8, 4) is 0 Å². The number of benzene rings is 1. The first-order valence-electron chi connectivity index (χ1n) is 6.35. The minimum Gasteiger partial charge on any atom is -0.347 e. The SMILES string of the molecule is O=C(NCc1cccnc1)c1nccc2ccccc12. The Hall–Kier alpha value is -2.75. The van der Waals surface area contributed by atoms with Gasteiger partial charge in [0.25, 0.3) is 5.91 Å². The molecule has 0 spiro atoms. The molecule has 98 valence electrons. The topological polar surface area (TPSA) is 54.9 Å². The van der Waals surface area contributed by atoms with Crippen LogP contribution in [-0.4, -0.2) is 15.9 Å². The highest BCUT2D eigenvalue weighted by atomic mass is 16.1. The molecule has 0 radical (unpaired) electrons. The van der Waals surface area contributed by atoms with Crippen LogP contribution in [0.5, 0.6) is 0 Å². The van der Waals surface area contributed by atoms with Gasteiger partial charge in [-0.15, -0.1) is 0 Å². The Morgan fingerprint density at radius 1 is 1.05 bits per heavy atom. The maximum absolute atomic E-state index is 12.2. The van der Waals surface area contributed by atoms with Crippen molar-refractivity contribution in [1.29, 1.82) is 0 Å². The Balaban J connectivity index is 1.82. The fraction of sp³-hybridized carbons (Fsp3) is 0.0625. The molecule has 0 saturated carbocycles. The van der Waals surface area contributed by atoms with Gasteiger partial charge in [0.2, 0.25) is 0 Å². The van der Waals surface area contributed by atoms with Gasteiger partial charge in [0.1, 0.15) is 5.69 Å². The number of fused-ring (bicyclic) bond motifs is 1. The van der Waals surface area contributed by atoms with Crippen LogP contribution >= 0.6 is 0 Å². The lowest BCUT2D eigenvalue weighted by Gasteiger charge is -2.07. The van der Waals surface area contributed by atoms with Crippen LogP contribution in [-0.2, 0) is 6.54 Å². The summed E-state index contributed by atoms with van der Waals surface area (Å²) in [7, 11) is 0. The summed E-state index contributed by atoms with van der Waals surface area (Å²) < 4.78 is 0. The lowest BCUT2D eigenvalue weighted by Crippen LogP contribution is -2.24. The zero-order valence-electron chi connectivity index (χ0n) is 10.8. The minimum atomic E-state index is -0.175. The molecule has 0 fully saturated rings. The molecule has 0 unspecified atom stereocenters. The van der Waals surface area contributed by atoms with Crippen molar-refractivity contribution in [1.82, 2.24) is 15.3 Å². The third-order valence-corrected chi connectivity index (χ3v) is 3.06. The predicted octanol–water partition coefficient (Wildman–Crippen LogP) is 2.56. The van der Waals surface area contributed by atoms with Crippen molar-refractivity contribution in [2.75, 3.05) is 0 Å². The molecule has 1 amide bonds. The standard InChI is InChI=1S/C16H13N3O/c20-16(19-11-12-4-3-8-17-10-12)15-14-6-2-1-5-13(14)7-9-18-15/h1-10H,11H2,(H,19,20). The summed E-state index contributed by atoms with van der Waals surface area (Å²) in [5, 5.41) is 4.73. The van der Waals surface area contributed by atoms with E-state index in [-0.39, 0.29) is 5.91 Å². The molecule has 0 aliphatic rings. The smallest absolute Gasteiger partial charge is 0.270 e. The molecular weight excluding hydrogens is 250 g/mol. The van der Waals surface area contributed by atoms with E-state index >= 15 is 0 Å². The molecule has 1 N–H and O–H groups in total. The number of amides is 1. The van der Waals surface area contributed by atoms with Crippen LogP contribution in [0.4, 0.5) is 0 Å². The first-order chi connectivity index (χ1) is 9.84. The first-order valence-corrected chi connectivity index (χ1v) is 6.35. The molecule has 20 heavy (non-hydrogen) atoms. The second kappa shape index (κ2) is 5.48. The molecule has 0 atom stereocenters. The number of rotatable bonds is 3. The van der Waals surface area contributed by atoms with Gasteiger partial charge >= 0.3 is 0 Å². The van der Waals surface area contributed by atoms with E-state index in [1.165, 1.54) is 0 Å². The van der Waals surface area contributed by atoms with E-state index in [0.29, 0.717) is 12.2 Å². The fourth-order valence-electron chi connectivity index (χ4n) is 2.07. The Kier molecular flexibility index (Phi) is 3.37. The van der Waals surface area contributed by atoms with E-state index in [0.717, 1.165) is 16.3 Å². The number of hydrogen-bond donors (Lipinski definition) is 1. The van der Waals surface area contributed by atoms with Crippen LogP contribution in [0.1, 0.15) is 16.1 Å². The molecule has 0 bridgehead atoms. The van der Waals surface area contributed by atoms with Crippen molar-refractivity contribution in [2.24, 2.45) is 0 Å². The van der Waals surface area contributed by atoms with Gasteiger partial charge in [-0.05, 0) is 23.1 Å². The van der Waals surface area contributed by atoms with Gasteiger partial charge in [-0.2, -0.15) is 0 Å². The van der Waals surface area contributed by atoms with Crippen molar-refractivity contribution in [2.45, 2.75) is 6.54 Å². The molecule has 0 aliphatic carbocycles. The number of nitrogens with zero attached hydrogens (tertiary/aromatic N) is 2. The fourth-order valence-corrected chi connectivity index (χ4v) is 2.07. The number of nitrogens with one attached hydrogen (secondary N) is 1. The summed E-state index contributed by atoms with van der Waals surface area (Å²) in [6.07, 6.45) is 5.09. The van der Waals surface area contributed by atoms with Gasteiger partial charge < -0.3 is 5.32 Å². The summed E-state index contributed by atoms with van der Waals surface area (Å²) in [6.45, 7) is 0.442. The summed E-state index contributed by atoms with van der Waals surface area (Å²) in [6, 6.07) is 13.4. The molecule has 3 rings (SSSR count). The normalized spacial score (nSPS) is 10.4. The van der Waals surface area contributed by atoms with E-state index in [2.05, 4.69) is 15.3 Å². The Morgan fingerprint density at radius 2 is 1.95 bits per heavy atom. The van der Waals surface area contributed by atoms with E-state index in [1.54, 1.807) is 18.6 Å². The molecular formula is C16H13N3O. The Morgan fingerprint density at radius 3 is 2.80 bits per heavy atom. The van der Waals surface area contributed by atoms with Crippen molar-refractivity contribution in [3.63, 3.8) is 0 Å². The molecule has 2 heterocycles. The molecule has 0 aliphatic heterocycles. The van der Waals surface area contributed by atoms with Gasteiger partial charge in [0.15, 0.2) is 0 Å². The van der Waals surface area contributed by atoms with Crippen molar-refractivity contribution < 1.29 is 4.79 Å². The maximum atomic E-state index is 12.2. The summed E-state index contributed by atoms with van der Waals surface area (Å²) in [5.41, 5.74) is 1.41. The third kappa shape index (κ3) is 2.49. The maximum Gasteiger partial charge on any atom is 0.270 e. The summed E-state index contributed by atoms with van der Waals surface area (Å²) in [5.74, 6) is -0.175. The largest absolute Gasteiger partial charge is 0.347 e. The number of carbonyl (C=O) groups is 1. The lowest BCUT2D eigenvalue weighted by molar-refractivity contribution is 0.0948. The molecule has 3 aromatic rings. The number of aromatic nitrogens is 2. The van der Waals surface area contributed by atoms with Crippen LogP contribution in [0.25, 0.3) is 10.8 Å². The third-order valence-electron chi connectivity index (χ3n) is 3.06. The first kappa shape index (κ1) is 12.3. The highest BCUT2D eigenvalue weighted by molar-refractivity contribution is 6.05. The highest BCUT2D eigenvalue weighted by Crippen LogP contribution is 2.16. The van der Waals surface area contributed by atoms with Crippen LogP contribution in [0.15, 0.2) is 61.1 Å². The van der Waals surface area contributed by atoms with Gasteiger partial charge in [0, 0.05) is 30.5 Å². The van der Waals surface area contributed by atoms with E-state index in [4.69, 9.17) is 0 Å². The predicted molar refractivity (Wildman–Crippen MR) is 77.2 cm³/mol.